The van der Waals surface area contributed by atoms with Gasteiger partial charge in [-0.25, -0.2) is 9.99 Å². The third-order valence-electron chi connectivity index (χ3n) is 7.06. The van der Waals surface area contributed by atoms with Crippen molar-refractivity contribution in [2.24, 2.45) is 18.1 Å². The van der Waals surface area contributed by atoms with Crippen molar-refractivity contribution in [3.05, 3.63) is 100 Å². The van der Waals surface area contributed by atoms with E-state index in [0.717, 1.165) is 36.1 Å². The van der Waals surface area contributed by atoms with Gasteiger partial charge in [-0.2, -0.15) is 10.2 Å². The molecule has 0 N–H and O–H groups in total. The minimum absolute atomic E-state index is 0.107. The Morgan fingerprint density at radius 1 is 1.08 bits per heavy atom. The average Bonchev–Trinajstić information content (AvgIpc) is 3.49. The first-order valence-electron chi connectivity index (χ1n) is 12.2. The molecule has 8 nitrogen and oxygen atoms in total. The van der Waals surface area contributed by atoms with Crippen molar-refractivity contribution in [2.75, 3.05) is 0 Å². The fraction of sp³-hybridized carbons (Fsp3) is 0.250. The summed E-state index contributed by atoms with van der Waals surface area (Å²) in [6.07, 6.45) is 8.01. The van der Waals surface area contributed by atoms with Gasteiger partial charge in [-0.05, 0) is 42.0 Å². The van der Waals surface area contributed by atoms with Crippen LogP contribution in [0.4, 0.5) is 0 Å². The molecule has 36 heavy (non-hydrogen) atoms. The largest absolute Gasteiger partial charge is 0.289 e. The van der Waals surface area contributed by atoms with Crippen LogP contribution >= 0.6 is 0 Å². The number of hydrazone groups is 1. The van der Waals surface area contributed by atoms with E-state index in [1.807, 2.05) is 48.5 Å². The molecule has 1 aliphatic carbocycles. The molecule has 0 saturated heterocycles. The summed E-state index contributed by atoms with van der Waals surface area (Å²) in [5, 5.41) is 11.0. The number of hydrogen-bond acceptors (Lipinski definition) is 5. The topological polar surface area (TPSA) is 85.4 Å². The van der Waals surface area contributed by atoms with Gasteiger partial charge in [-0.15, -0.1) is 0 Å². The molecule has 0 radical (unpaired) electrons. The van der Waals surface area contributed by atoms with E-state index in [1.165, 1.54) is 22.7 Å². The van der Waals surface area contributed by atoms with Crippen LogP contribution in [0.3, 0.4) is 0 Å². The van der Waals surface area contributed by atoms with Gasteiger partial charge in [0.2, 0.25) is 0 Å². The standard InChI is InChI=1S/C28H26N6O2/c1-32-27-23(16-30-32)28(36)33(18-29-27)17-24(35)34-26(20-11-6-3-7-12-20)22-14-8-13-21(25(22)31-34)15-19-9-4-2-5-10-19/h2-7,9-12,15-16,18,22,26H,8,13-14,17H2,1H3/b21-15-. The summed E-state index contributed by atoms with van der Waals surface area (Å²) in [5.74, 6) is -0.132. The van der Waals surface area contributed by atoms with Crippen LogP contribution < -0.4 is 5.56 Å². The molecule has 0 spiro atoms. The van der Waals surface area contributed by atoms with Crippen molar-refractivity contribution < 1.29 is 4.79 Å². The first kappa shape index (κ1) is 22.2. The van der Waals surface area contributed by atoms with Crippen LogP contribution in [0, 0.1) is 5.92 Å². The van der Waals surface area contributed by atoms with Gasteiger partial charge < -0.3 is 0 Å². The number of aryl methyl sites for hydroxylation is 1. The van der Waals surface area contributed by atoms with Crippen molar-refractivity contribution in [3.8, 4) is 0 Å². The zero-order valence-corrected chi connectivity index (χ0v) is 20.0. The van der Waals surface area contributed by atoms with E-state index in [9.17, 15) is 9.59 Å². The number of aromatic nitrogens is 4. The maximum absolute atomic E-state index is 13.7. The van der Waals surface area contributed by atoms with E-state index in [1.54, 1.807) is 16.7 Å². The van der Waals surface area contributed by atoms with E-state index < -0.39 is 0 Å². The Kier molecular flexibility index (Phi) is 5.56. The van der Waals surface area contributed by atoms with Gasteiger partial charge in [0.25, 0.3) is 11.5 Å². The number of rotatable bonds is 4. The zero-order valence-electron chi connectivity index (χ0n) is 20.0. The SMILES string of the molecule is Cn1ncc2c(=O)n(CC(=O)N3N=C4/C(=C\c5ccccc5)CCCC4C3c3ccccc3)cnc21. The number of fused-ring (bicyclic) bond motifs is 2. The summed E-state index contributed by atoms with van der Waals surface area (Å²) in [5.41, 5.74) is 4.52. The molecule has 2 unspecified atom stereocenters. The molecule has 8 heteroatoms. The molecule has 2 aromatic carbocycles. The fourth-order valence-corrected chi connectivity index (χ4v) is 5.34. The maximum atomic E-state index is 13.7. The second-order valence-corrected chi connectivity index (χ2v) is 9.34. The smallest absolute Gasteiger partial charge is 0.264 e. The van der Waals surface area contributed by atoms with E-state index in [4.69, 9.17) is 5.10 Å². The molecule has 4 aromatic rings. The Labute approximate surface area is 208 Å². The van der Waals surface area contributed by atoms with Gasteiger partial charge in [0, 0.05) is 13.0 Å². The Bertz CT molecular complexity index is 1550. The molecule has 2 aromatic heterocycles. The zero-order chi connectivity index (χ0) is 24.6. The first-order chi connectivity index (χ1) is 17.6. The van der Waals surface area contributed by atoms with Gasteiger partial charge in [-0.3, -0.25) is 18.8 Å². The van der Waals surface area contributed by atoms with Crippen molar-refractivity contribution in [1.82, 2.24) is 24.3 Å². The highest BCUT2D eigenvalue weighted by atomic mass is 16.2. The molecular formula is C28H26N6O2. The number of nitrogens with zero attached hydrogens (tertiary/aromatic N) is 6. The minimum Gasteiger partial charge on any atom is -0.289 e. The number of amides is 1. The maximum Gasteiger partial charge on any atom is 0.264 e. The van der Waals surface area contributed by atoms with Crippen LogP contribution in [0.15, 0.2) is 88.7 Å². The van der Waals surface area contributed by atoms with Gasteiger partial charge in [0.15, 0.2) is 5.65 Å². The lowest BCUT2D eigenvalue weighted by Gasteiger charge is -2.29. The normalized spacial score (nSPS) is 20.5. The lowest BCUT2D eigenvalue weighted by molar-refractivity contribution is -0.134. The molecule has 0 bridgehead atoms. The number of hydrogen-bond donors (Lipinski definition) is 0. The van der Waals surface area contributed by atoms with Crippen molar-refractivity contribution in [1.29, 1.82) is 0 Å². The van der Waals surface area contributed by atoms with Crippen LogP contribution in [0.1, 0.15) is 36.4 Å². The molecule has 2 aliphatic rings. The number of carbonyl (C=O) groups is 1. The molecule has 180 valence electrons. The van der Waals surface area contributed by atoms with Crippen LogP contribution in [-0.2, 0) is 18.4 Å². The molecule has 2 atom stereocenters. The lowest BCUT2D eigenvalue weighted by Crippen LogP contribution is -2.36. The summed E-state index contributed by atoms with van der Waals surface area (Å²) in [7, 11) is 1.73. The van der Waals surface area contributed by atoms with Crippen molar-refractivity contribution >= 4 is 28.7 Å². The number of benzene rings is 2. The van der Waals surface area contributed by atoms with Crippen LogP contribution in [0.25, 0.3) is 17.1 Å². The monoisotopic (exact) mass is 478 g/mol. The molecule has 1 saturated carbocycles. The molecule has 1 fully saturated rings. The fourth-order valence-electron chi connectivity index (χ4n) is 5.34. The molecular weight excluding hydrogens is 452 g/mol. The van der Waals surface area contributed by atoms with E-state index in [2.05, 4.69) is 28.3 Å². The number of carbonyl (C=O) groups excluding carboxylic acids is 1. The summed E-state index contributed by atoms with van der Waals surface area (Å²) in [4.78, 5) is 31.0. The minimum atomic E-state index is -0.286. The predicted octanol–water partition coefficient (Wildman–Crippen LogP) is 3.95. The third-order valence-corrected chi connectivity index (χ3v) is 7.06. The highest BCUT2D eigenvalue weighted by Gasteiger charge is 2.43. The Balaban J connectivity index is 1.38. The van der Waals surface area contributed by atoms with Gasteiger partial charge in [0.1, 0.15) is 18.3 Å². The van der Waals surface area contributed by atoms with Gasteiger partial charge in [0.05, 0.1) is 18.0 Å². The molecule has 6 rings (SSSR count). The summed E-state index contributed by atoms with van der Waals surface area (Å²) in [6.45, 7) is -0.138. The lowest BCUT2D eigenvalue weighted by atomic mass is 9.77. The van der Waals surface area contributed by atoms with Crippen LogP contribution in [0.5, 0.6) is 0 Å². The van der Waals surface area contributed by atoms with Gasteiger partial charge in [-0.1, -0.05) is 60.7 Å². The Hall–Kier alpha value is -4.33. The van der Waals surface area contributed by atoms with E-state index >= 15 is 0 Å². The quantitative estimate of drug-likeness (QED) is 0.445. The highest BCUT2D eigenvalue weighted by molar-refractivity contribution is 6.08. The second kappa shape index (κ2) is 9.03. The van der Waals surface area contributed by atoms with Crippen LogP contribution in [0.2, 0.25) is 0 Å². The Morgan fingerprint density at radius 2 is 1.83 bits per heavy atom. The number of allylic oxidation sites excluding steroid dienone is 1. The highest BCUT2D eigenvalue weighted by Crippen LogP contribution is 2.44. The third kappa shape index (κ3) is 3.84. The van der Waals surface area contributed by atoms with Crippen LogP contribution in [-0.4, -0.2) is 36.0 Å². The van der Waals surface area contributed by atoms with Crippen molar-refractivity contribution in [3.63, 3.8) is 0 Å². The van der Waals surface area contributed by atoms with Gasteiger partial charge >= 0.3 is 0 Å². The van der Waals surface area contributed by atoms with E-state index in [0.29, 0.717) is 11.0 Å². The average molecular weight is 479 g/mol. The van der Waals surface area contributed by atoms with Crippen molar-refractivity contribution in [2.45, 2.75) is 31.8 Å². The first-order valence-corrected chi connectivity index (χ1v) is 12.2. The molecule has 1 amide bonds. The molecule has 1 aliphatic heterocycles. The summed E-state index contributed by atoms with van der Waals surface area (Å²) < 4.78 is 2.89. The Morgan fingerprint density at radius 3 is 2.61 bits per heavy atom. The summed E-state index contributed by atoms with van der Waals surface area (Å²) in [6, 6.07) is 20.1. The second-order valence-electron chi connectivity index (χ2n) is 9.34. The van der Waals surface area contributed by atoms with E-state index in [-0.39, 0.29) is 30.0 Å². The molecule has 3 heterocycles. The summed E-state index contributed by atoms with van der Waals surface area (Å²) >= 11 is 0. The predicted molar refractivity (Wildman–Crippen MR) is 138 cm³/mol.